The van der Waals surface area contributed by atoms with Crippen molar-refractivity contribution in [3.05, 3.63) is 20.2 Å². The van der Waals surface area contributed by atoms with Crippen molar-refractivity contribution in [2.24, 2.45) is 0 Å². The molecule has 1 aromatic rings. The Morgan fingerprint density at radius 3 is 2.83 bits per heavy atom. The van der Waals surface area contributed by atoms with E-state index < -0.39 is 5.97 Å². The number of aromatic nitrogens is 1. The van der Waals surface area contributed by atoms with Crippen LogP contribution in [0.3, 0.4) is 0 Å². The molecule has 0 bridgehead atoms. The predicted octanol–water partition coefficient (Wildman–Crippen LogP) is 1.09. The topological polar surface area (TPSA) is 70.2 Å². The number of hydrogen-bond donors (Lipinski definition) is 2. The summed E-state index contributed by atoms with van der Waals surface area (Å²) in [7, 11) is 0. The first-order valence-electron chi connectivity index (χ1n) is 3.60. The highest BCUT2D eigenvalue weighted by molar-refractivity contribution is 7.11. The predicted molar refractivity (Wildman–Crippen MR) is 45.9 cm³/mol. The van der Waals surface area contributed by atoms with Crippen molar-refractivity contribution in [3.63, 3.8) is 0 Å². The van der Waals surface area contributed by atoms with E-state index in [1.807, 2.05) is 6.92 Å². The maximum Gasteiger partial charge on any atom is 0.347 e. The number of rotatable bonds is 3. The van der Waals surface area contributed by atoms with Gasteiger partial charge in [-0.3, -0.25) is 4.79 Å². The highest BCUT2D eigenvalue weighted by Crippen LogP contribution is 2.10. The average molecular weight is 187 g/mol. The lowest BCUT2D eigenvalue weighted by molar-refractivity contribution is 0.0700. The number of thiazole rings is 1. The fraction of sp³-hybridized carbons (Fsp3) is 0.429. The zero-order valence-corrected chi connectivity index (χ0v) is 7.40. The lowest BCUT2D eigenvalue weighted by Crippen LogP contribution is -1.99. The van der Waals surface area contributed by atoms with Crippen LogP contribution in [-0.4, -0.2) is 16.1 Å². The van der Waals surface area contributed by atoms with E-state index in [1.54, 1.807) is 0 Å². The molecule has 12 heavy (non-hydrogen) atoms. The number of carboxylic acid groups (broad SMARTS) is 1. The second-order valence-electron chi connectivity index (χ2n) is 2.38. The van der Waals surface area contributed by atoms with Gasteiger partial charge in [-0.1, -0.05) is 24.7 Å². The van der Waals surface area contributed by atoms with Crippen LogP contribution < -0.4 is 4.87 Å². The van der Waals surface area contributed by atoms with Crippen molar-refractivity contribution in [1.82, 2.24) is 4.98 Å². The molecule has 0 saturated carbocycles. The van der Waals surface area contributed by atoms with Gasteiger partial charge in [0, 0.05) is 5.69 Å². The third-order valence-corrected chi connectivity index (χ3v) is 2.33. The fourth-order valence-electron chi connectivity index (χ4n) is 0.959. The van der Waals surface area contributed by atoms with Crippen LogP contribution in [0, 0.1) is 0 Å². The Balaban J connectivity index is 3.08. The van der Waals surface area contributed by atoms with Crippen molar-refractivity contribution < 1.29 is 9.90 Å². The standard InChI is InChI=1S/C7H9NO3S/c1-2-3-4-5(6(9)10)12-7(11)8-4/h2-3H2,1H3,(H,8,11)(H,9,10). The highest BCUT2D eigenvalue weighted by atomic mass is 32.1. The molecule has 0 amide bonds. The monoisotopic (exact) mass is 187 g/mol. The van der Waals surface area contributed by atoms with Crippen LogP contribution in [0.25, 0.3) is 0 Å². The smallest absolute Gasteiger partial charge is 0.347 e. The van der Waals surface area contributed by atoms with Gasteiger partial charge in [-0.25, -0.2) is 4.79 Å². The summed E-state index contributed by atoms with van der Waals surface area (Å²) in [5.74, 6) is -1.03. The molecule has 4 nitrogen and oxygen atoms in total. The van der Waals surface area contributed by atoms with E-state index in [2.05, 4.69) is 4.98 Å². The van der Waals surface area contributed by atoms with E-state index in [0.29, 0.717) is 12.1 Å². The maximum atomic E-state index is 10.8. The summed E-state index contributed by atoms with van der Waals surface area (Å²) in [6, 6.07) is 0. The molecular formula is C7H9NO3S. The largest absolute Gasteiger partial charge is 0.477 e. The summed E-state index contributed by atoms with van der Waals surface area (Å²) < 4.78 is 0. The Labute approximate surface area is 72.9 Å². The Bertz CT molecular complexity index is 339. The molecule has 0 aliphatic heterocycles. The van der Waals surface area contributed by atoms with Crippen LogP contribution in [0.5, 0.6) is 0 Å². The van der Waals surface area contributed by atoms with Gasteiger partial charge in [0.05, 0.1) is 0 Å². The van der Waals surface area contributed by atoms with Gasteiger partial charge in [0.1, 0.15) is 4.88 Å². The lowest BCUT2D eigenvalue weighted by Gasteiger charge is -1.93. The van der Waals surface area contributed by atoms with Crippen molar-refractivity contribution in [3.8, 4) is 0 Å². The number of nitrogens with one attached hydrogen (secondary N) is 1. The van der Waals surface area contributed by atoms with Gasteiger partial charge in [-0.2, -0.15) is 0 Å². The molecule has 0 fully saturated rings. The minimum absolute atomic E-state index is 0.141. The number of carbonyl (C=O) groups is 1. The first kappa shape index (κ1) is 8.99. The van der Waals surface area contributed by atoms with Gasteiger partial charge in [0.25, 0.3) is 0 Å². The molecule has 2 N–H and O–H groups in total. The molecule has 1 aromatic heterocycles. The Hall–Kier alpha value is -1.10. The van der Waals surface area contributed by atoms with E-state index in [1.165, 1.54) is 0 Å². The first-order valence-corrected chi connectivity index (χ1v) is 4.42. The third-order valence-electron chi connectivity index (χ3n) is 1.42. The second kappa shape index (κ2) is 3.53. The van der Waals surface area contributed by atoms with Crippen molar-refractivity contribution >= 4 is 17.3 Å². The summed E-state index contributed by atoms with van der Waals surface area (Å²) in [5, 5.41) is 8.66. The van der Waals surface area contributed by atoms with E-state index >= 15 is 0 Å². The van der Waals surface area contributed by atoms with Crippen LogP contribution in [0.4, 0.5) is 0 Å². The van der Waals surface area contributed by atoms with E-state index in [9.17, 15) is 9.59 Å². The summed E-state index contributed by atoms with van der Waals surface area (Å²) in [6.07, 6.45) is 1.44. The molecule has 0 aromatic carbocycles. The SMILES string of the molecule is CCCc1[nH]c(=O)sc1C(=O)O. The molecule has 0 unspecified atom stereocenters. The Morgan fingerprint density at radius 1 is 1.67 bits per heavy atom. The summed E-state index contributed by atoms with van der Waals surface area (Å²) >= 11 is 0.752. The van der Waals surface area contributed by atoms with E-state index in [0.717, 1.165) is 17.8 Å². The number of hydrogen-bond acceptors (Lipinski definition) is 3. The zero-order valence-electron chi connectivity index (χ0n) is 6.59. The van der Waals surface area contributed by atoms with Gasteiger partial charge < -0.3 is 10.1 Å². The van der Waals surface area contributed by atoms with Crippen molar-refractivity contribution in [1.29, 1.82) is 0 Å². The molecule has 66 valence electrons. The zero-order chi connectivity index (χ0) is 9.14. The fourth-order valence-corrected chi connectivity index (χ4v) is 1.68. The first-order chi connectivity index (χ1) is 5.65. The van der Waals surface area contributed by atoms with E-state index in [-0.39, 0.29) is 9.75 Å². The minimum atomic E-state index is -1.03. The van der Waals surface area contributed by atoms with Gasteiger partial charge in [-0.15, -0.1) is 0 Å². The number of aryl methyl sites for hydroxylation is 1. The van der Waals surface area contributed by atoms with Crippen LogP contribution in [0.2, 0.25) is 0 Å². The van der Waals surface area contributed by atoms with Crippen molar-refractivity contribution in [2.45, 2.75) is 19.8 Å². The molecule has 1 heterocycles. The number of carboxylic acids is 1. The van der Waals surface area contributed by atoms with Crippen molar-refractivity contribution in [2.75, 3.05) is 0 Å². The van der Waals surface area contributed by atoms with Gasteiger partial charge >= 0.3 is 10.8 Å². The molecule has 0 atom stereocenters. The molecular weight excluding hydrogens is 178 g/mol. The van der Waals surface area contributed by atoms with Gasteiger partial charge in [-0.05, 0) is 6.42 Å². The number of aromatic carboxylic acids is 1. The highest BCUT2D eigenvalue weighted by Gasteiger charge is 2.13. The molecule has 0 radical (unpaired) electrons. The summed E-state index contributed by atoms with van der Waals surface area (Å²) in [6.45, 7) is 1.93. The molecule has 0 spiro atoms. The minimum Gasteiger partial charge on any atom is -0.477 e. The molecule has 1 rings (SSSR count). The molecule has 0 aliphatic carbocycles. The third kappa shape index (κ3) is 1.73. The average Bonchev–Trinajstić information content (AvgIpc) is 2.32. The quantitative estimate of drug-likeness (QED) is 0.744. The maximum absolute atomic E-state index is 10.8. The lowest BCUT2D eigenvalue weighted by atomic mass is 10.2. The second-order valence-corrected chi connectivity index (χ2v) is 3.36. The number of aromatic amines is 1. The van der Waals surface area contributed by atoms with Crippen LogP contribution >= 0.6 is 11.3 Å². The molecule has 0 saturated heterocycles. The van der Waals surface area contributed by atoms with Crippen LogP contribution in [-0.2, 0) is 6.42 Å². The van der Waals surface area contributed by atoms with E-state index in [4.69, 9.17) is 5.11 Å². The molecule has 5 heteroatoms. The van der Waals surface area contributed by atoms with Gasteiger partial charge in [0.15, 0.2) is 0 Å². The summed E-state index contributed by atoms with van der Waals surface area (Å²) in [4.78, 5) is 23.7. The van der Waals surface area contributed by atoms with Gasteiger partial charge in [0.2, 0.25) is 0 Å². The number of H-pyrrole nitrogens is 1. The molecule has 0 aliphatic rings. The summed E-state index contributed by atoms with van der Waals surface area (Å²) in [5.41, 5.74) is 0.542. The normalized spacial score (nSPS) is 10.1. The van der Waals surface area contributed by atoms with Crippen LogP contribution in [0.1, 0.15) is 28.7 Å². The Morgan fingerprint density at radius 2 is 2.33 bits per heavy atom. The Kier molecular flexibility index (Phi) is 2.65. The van der Waals surface area contributed by atoms with Crippen LogP contribution in [0.15, 0.2) is 4.79 Å².